The molecule has 3 rings (SSSR count). The fourth-order valence-electron chi connectivity index (χ4n) is 2.96. The normalized spacial score (nSPS) is 17.7. The molecule has 122 valence electrons. The first-order chi connectivity index (χ1) is 11.3. The Balaban J connectivity index is 1.73. The van der Waals surface area contributed by atoms with E-state index in [0.29, 0.717) is 23.0 Å². The van der Waals surface area contributed by atoms with Gasteiger partial charge in [0.2, 0.25) is 0 Å². The molecule has 2 aromatic carbocycles. The first-order valence-corrected chi connectivity index (χ1v) is 8.03. The van der Waals surface area contributed by atoms with Crippen LogP contribution in [0.25, 0.3) is 0 Å². The largest absolute Gasteiger partial charge is 0.493 e. The molecular weight excluding hydrogens is 293 g/mol. The molecule has 0 aromatic heterocycles. The summed E-state index contributed by atoms with van der Waals surface area (Å²) in [6, 6.07) is 12.7. The van der Waals surface area contributed by atoms with Gasteiger partial charge >= 0.3 is 0 Å². The molecule has 2 aromatic rings. The Morgan fingerprint density at radius 2 is 2.04 bits per heavy atom. The second-order valence-electron chi connectivity index (χ2n) is 5.83. The summed E-state index contributed by atoms with van der Waals surface area (Å²) in [6.07, 6.45) is 2.38. The lowest BCUT2D eigenvalue weighted by Gasteiger charge is -2.24. The van der Waals surface area contributed by atoms with E-state index in [2.05, 4.69) is 11.4 Å². The number of methoxy groups -OCH3 is 1. The van der Waals surface area contributed by atoms with E-state index >= 15 is 0 Å². The van der Waals surface area contributed by atoms with Crippen LogP contribution >= 0.6 is 0 Å². The fraction of sp³-hybridized carbons (Fsp3) is 0.368. The average Bonchev–Trinajstić information content (AvgIpc) is 2.61. The van der Waals surface area contributed by atoms with Gasteiger partial charge in [-0.1, -0.05) is 24.3 Å². The van der Waals surface area contributed by atoms with Gasteiger partial charge in [0.05, 0.1) is 7.11 Å². The van der Waals surface area contributed by atoms with Crippen LogP contribution in [0.15, 0.2) is 42.5 Å². The van der Waals surface area contributed by atoms with Crippen LogP contribution in [0.5, 0.6) is 11.5 Å². The molecule has 23 heavy (non-hydrogen) atoms. The van der Waals surface area contributed by atoms with Crippen LogP contribution in [0.2, 0.25) is 0 Å². The predicted molar refractivity (Wildman–Crippen MR) is 88.6 cm³/mol. The Labute approximate surface area is 136 Å². The van der Waals surface area contributed by atoms with Gasteiger partial charge in [-0.15, -0.1) is 0 Å². The number of nitrogens with one attached hydrogen (secondary N) is 1. The highest BCUT2D eigenvalue weighted by Crippen LogP contribution is 2.33. The minimum atomic E-state index is -0.253. The summed E-state index contributed by atoms with van der Waals surface area (Å²) in [5.41, 5.74) is 1.79. The SMILES string of the molecule is COc1cc(C2CCCNC2)ccc1OCc1ccccc1F. The Morgan fingerprint density at radius 1 is 1.17 bits per heavy atom. The van der Waals surface area contributed by atoms with Gasteiger partial charge in [-0.05, 0) is 49.1 Å². The fourth-order valence-corrected chi connectivity index (χ4v) is 2.96. The van der Waals surface area contributed by atoms with E-state index < -0.39 is 0 Å². The van der Waals surface area contributed by atoms with Crippen molar-refractivity contribution in [2.24, 2.45) is 0 Å². The molecule has 1 aliphatic rings. The number of halogens is 1. The lowest BCUT2D eigenvalue weighted by atomic mass is 9.91. The highest BCUT2D eigenvalue weighted by atomic mass is 19.1. The number of hydrogen-bond donors (Lipinski definition) is 1. The maximum Gasteiger partial charge on any atom is 0.161 e. The van der Waals surface area contributed by atoms with E-state index in [-0.39, 0.29) is 12.4 Å². The Morgan fingerprint density at radius 3 is 2.78 bits per heavy atom. The van der Waals surface area contributed by atoms with Crippen molar-refractivity contribution in [3.05, 3.63) is 59.4 Å². The van der Waals surface area contributed by atoms with Crippen molar-refractivity contribution in [1.82, 2.24) is 5.32 Å². The van der Waals surface area contributed by atoms with Crippen LogP contribution in [0.4, 0.5) is 4.39 Å². The molecule has 1 fully saturated rings. The van der Waals surface area contributed by atoms with Crippen molar-refractivity contribution in [1.29, 1.82) is 0 Å². The van der Waals surface area contributed by atoms with Gasteiger partial charge in [0.15, 0.2) is 11.5 Å². The van der Waals surface area contributed by atoms with E-state index in [0.717, 1.165) is 13.1 Å². The maximum atomic E-state index is 13.7. The molecule has 4 heteroatoms. The number of rotatable bonds is 5. The van der Waals surface area contributed by atoms with Crippen LogP contribution in [-0.4, -0.2) is 20.2 Å². The maximum absolute atomic E-state index is 13.7. The standard InChI is InChI=1S/C19H22FNO2/c1-22-19-11-14(15-6-4-10-21-12-15)8-9-18(19)23-13-16-5-2-3-7-17(16)20/h2-3,5,7-9,11,15,21H,4,6,10,12-13H2,1H3. The molecule has 1 unspecified atom stereocenters. The van der Waals surface area contributed by atoms with Gasteiger partial charge in [-0.25, -0.2) is 4.39 Å². The van der Waals surface area contributed by atoms with E-state index in [1.165, 1.54) is 24.5 Å². The summed E-state index contributed by atoms with van der Waals surface area (Å²) >= 11 is 0. The van der Waals surface area contributed by atoms with Crippen LogP contribution in [0.1, 0.15) is 29.9 Å². The summed E-state index contributed by atoms with van der Waals surface area (Å²) in [7, 11) is 1.63. The van der Waals surface area contributed by atoms with Crippen LogP contribution in [-0.2, 0) is 6.61 Å². The summed E-state index contributed by atoms with van der Waals surface area (Å²) in [4.78, 5) is 0. The van der Waals surface area contributed by atoms with Crippen molar-refractivity contribution in [3.63, 3.8) is 0 Å². The number of ether oxygens (including phenoxy) is 2. The first-order valence-electron chi connectivity index (χ1n) is 8.03. The lowest BCUT2D eigenvalue weighted by Crippen LogP contribution is -2.28. The minimum absolute atomic E-state index is 0.188. The zero-order valence-electron chi connectivity index (χ0n) is 13.3. The molecule has 3 nitrogen and oxygen atoms in total. The monoisotopic (exact) mass is 315 g/mol. The van der Waals surface area contributed by atoms with Gasteiger partial charge in [0.1, 0.15) is 12.4 Å². The molecule has 1 aliphatic heterocycles. The molecule has 1 atom stereocenters. The Bertz CT molecular complexity index is 654. The van der Waals surface area contributed by atoms with Crippen molar-refractivity contribution >= 4 is 0 Å². The zero-order valence-corrected chi connectivity index (χ0v) is 13.3. The van der Waals surface area contributed by atoms with Gasteiger partial charge < -0.3 is 14.8 Å². The van der Waals surface area contributed by atoms with Crippen molar-refractivity contribution in [2.45, 2.75) is 25.4 Å². The van der Waals surface area contributed by atoms with Crippen LogP contribution < -0.4 is 14.8 Å². The highest BCUT2D eigenvalue weighted by Gasteiger charge is 2.17. The van der Waals surface area contributed by atoms with E-state index in [1.54, 1.807) is 25.3 Å². The van der Waals surface area contributed by atoms with Crippen molar-refractivity contribution in [3.8, 4) is 11.5 Å². The van der Waals surface area contributed by atoms with E-state index in [9.17, 15) is 4.39 Å². The smallest absolute Gasteiger partial charge is 0.161 e. The summed E-state index contributed by atoms with van der Waals surface area (Å²) in [5.74, 6) is 1.60. The van der Waals surface area contributed by atoms with Gasteiger partial charge in [0.25, 0.3) is 0 Å². The summed E-state index contributed by atoms with van der Waals surface area (Å²) in [6.45, 7) is 2.28. The van der Waals surface area contributed by atoms with Crippen LogP contribution in [0.3, 0.4) is 0 Å². The second kappa shape index (κ2) is 7.47. The van der Waals surface area contributed by atoms with Gasteiger partial charge in [-0.3, -0.25) is 0 Å². The van der Waals surface area contributed by atoms with Crippen molar-refractivity contribution in [2.75, 3.05) is 20.2 Å². The molecule has 0 amide bonds. The molecule has 0 aliphatic carbocycles. The molecule has 0 radical (unpaired) electrons. The summed E-state index contributed by atoms with van der Waals surface area (Å²) < 4.78 is 24.9. The zero-order chi connectivity index (χ0) is 16.1. The van der Waals surface area contributed by atoms with Crippen LogP contribution in [0, 0.1) is 5.82 Å². The second-order valence-corrected chi connectivity index (χ2v) is 5.83. The molecule has 0 saturated carbocycles. The van der Waals surface area contributed by atoms with Gasteiger partial charge in [0, 0.05) is 12.1 Å². The molecular formula is C19H22FNO2. The lowest BCUT2D eigenvalue weighted by molar-refractivity contribution is 0.279. The molecule has 0 bridgehead atoms. The minimum Gasteiger partial charge on any atom is -0.493 e. The van der Waals surface area contributed by atoms with E-state index in [4.69, 9.17) is 9.47 Å². The Kier molecular flexibility index (Phi) is 5.13. The third kappa shape index (κ3) is 3.82. The first kappa shape index (κ1) is 15.8. The third-order valence-electron chi connectivity index (χ3n) is 4.30. The Hall–Kier alpha value is -2.07. The van der Waals surface area contributed by atoms with E-state index in [1.807, 2.05) is 12.1 Å². The number of hydrogen-bond acceptors (Lipinski definition) is 3. The number of benzene rings is 2. The van der Waals surface area contributed by atoms with Crippen molar-refractivity contribution < 1.29 is 13.9 Å². The quantitative estimate of drug-likeness (QED) is 0.908. The summed E-state index contributed by atoms with van der Waals surface area (Å²) in [5, 5.41) is 3.42. The average molecular weight is 315 g/mol. The molecule has 1 N–H and O–H groups in total. The molecule has 0 spiro atoms. The predicted octanol–water partition coefficient (Wildman–Crippen LogP) is 3.88. The molecule has 1 heterocycles. The molecule has 1 saturated heterocycles. The number of piperidine rings is 1. The third-order valence-corrected chi connectivity index (χ3v) is 4.30. The highest BCUT2D eigenvalue weighted by molar-refractivity contribution is 5.44. The topological polar surface area (TPSA) is 30.5 Å². The van der Waals surface area contributed by atoms with Gasteiger partial charge in [-0.2, -0.15) is 0 Å².